The van der Waals surface area contributed by atoms with Crippen molar-refractivity contribution in [1.29, 1.82) is 0 Å². The summed E-state index contributed by atoms with van der Waals surface area (Å²) < 4.78 is 2.50. The van der Waals surface area contributed by atoms with E-state index in [4.69, 9.17) is 0 Å². The van der Waals surface area contributed by atoms with Gasteiger partial charge in [-0.2, -0.15) is 0 Å². The molecule has 0 atom stereocenters. The lowest BCUT2D eigenvalue weighted by atomic mass is 9.93. The first-order chi connectivity index (χ1) is 14.1. The van der Waals surface area contributed by atoms with Crippen LogP contribution < -0.4 is 0 Å². The van der Waals surface area contributed by atoms with Gasteiger partial charge in [0.05, 0.1) is 0 Å². The van der Waals surface area contributed by atoms with Gasteiger partial charge in [0.1, 0.15) is 0 Å². The van der Waals surface area contributed by atoms with Crippen LogP contribution in [0.3, 0.4) is 0 Å². The summed E-state index contributed by atoms with van der Waals surface area (Å²) >= 11 is 0. The van der Waals surface area contributed by atoms with E-state index in [2.05, 4.69) is 110 Å². The molecule has 1 heterocycles. The second kappa shape index (κ2) is 8.53. The SMILES string of the molecule is C=C(CCc1ccccc1)c1c(C(C)C)n(Cc2ccccc2)c2ccccc12. The molecular weight excluding hydrogens is 350 g/mol. The molecule has 1 nitrogen and oxygen atoms in total. The third-order valence-electron chi connectivity index (χ3n) is 5.65. The second-order valence-electron chi connectivity index (χ2n) is 8.09. The molecular formula is C28H29N. The number of fused-ring (bicyclic) bond motifs is 1. The fourth-order valence-corrected chi connectivity index (χ4v) is 4.30. The van der Waals surface area contributed by atoms with Gasteiger partial charge in [0.2, 0.25) is 0 Å². The van der Waals surface area contributed by atoms with Crippen LogP contribution in [0.25, 0.3) is 16.5 Å². The van der Waals surface area contributed by atoms with Gasteiger partial charge in [-0.3, -0.25) is 0 Å². The maximum atomic E-state index is 4.54. The number of aromatic nitrogens is 1. The molecule has 0 unspecified atom stereocenters. The Balaban J connectivity index is 1.76. The zero-order valence-corrected chi connectivity index (χ0v) is 17.4. The highest BCUT2D eigenvalue weighted by molar-refractivity contribution is 5.95. The smallest absolute Gasteiger partial charge is 0.0492 e. The van der Waals surface area contributed by atoms with Crippen molar-refractivity contribution in [3.63, 3.8) is 0 Å². The molecule has 146 valence electrons. The fourth-order valence-electron chi connectivity index (χ4n) is 4.30. The Morgan fingerprint density at radius 1 is 0.793 bits per heavy atom. The second-order valence-corrected chi connectivity index (χ2v) is 8.09. The van der Waals surface area contributed by atoms with Gasteiger partial charge < -0.3 is 4.57 Å². The van der Waals surface area contributed by atoms with Crippen LogP contribution in [-0.4, -0.2) is 4.57 Å². The number of para-hydroxylation sites is 1. The summed E-state index contributed by atoms with van der Waals surface area (Å²) in [6.07, 6.45) is 2.00. The minimum atomic E-state index is 0.426. The molecule has 0 aliphatic carbocycles. The molecule has 29 heavy (non-hydrogen) atoms. The summed E-state index contributed by atoms with van der Waals surface area (Å²) in [6.45, 7) is 10.0. The highest BCUT2D eigenvalue weighted by atomic mass is 15.0. The van der Waals surface area contributed by atoms with Gasteiger partial charge in [-0.15, -0.1) is 0 Å². The Morgan fingerprint density at radius 2 is 1.38 bits per heavy atom. The molecule has 0 N–H and O–H groups in total. The van der Waals surface area contributed by atoms with Crippen LogP contribution in [-0.2, 0) is 13.0 Å². The van der Waals surface area contributed by atoms with Crippen LogP contribution in [0.5, 0.6) is 0 Å². The van der Waals surface area contributed by atoms with E-state index in [0.717, 1.165) is 19.4 Å². The van der Waals surface area contributed by atoms with Crippen LogP contribution in [0.4, 0.5) is 0 Å². The number of aryl methyl sites for hydroxylation is 1. The molecule has 0 radical (unpaired) electrons. The van der Waals surface area contributed by atoms with E-state index in [9.17, 15) is 0 Å². The van der Waals surface area contributed by atoms with Crippen molar-refractivity contribution >= 4 is 16.5 Å². The number of hydrogen-bond donors (Lipinski definition) is 0. The van der Waals surface area contributed by atoms with Gasteiger partial charge in [-0.25, -0.2) is 0 Å². The molecule has 0 saturated heterocycles. The highest BCUT2D eigenvalue weighted by Gasteiger charge is 2.21. The molecule has 0 aliphatic heterocycles. The van der Waals surface area contributed by atoms with E-state index in [0.29, 0.717) is 5.92 Å². The highest BCUT2D eigenvalue weighted by Crippen LogP contribution is 2.37. The minimum Gasteiger partial charge on any atom is -0.339 e. The standard InChI is InChI=1S/C28H29N/c1-21(2)28-27(22(3)18-19-23-12-6-4-7-13-23)25-16-10-11-17-26(25)29(28)20-24-14-8-5-9-15-24/h4-17,21H,3,18-20H2,1-2H3. The molecule has 0 fully saturated rings. The Labute approximate surface area is 174 Å². The van der Waals surface area contributed by atoms with E-state index in [1.54, 1.807) is 0 Å². The van der Waals surface area contributed by atoms with Crippen molar-refractivity contribution in [2.75, 3.05) is 0 Å². The average Bonchev–Trinajstić information content (AvgIpc) is 3.08. The van der Waals surface area contributed by atoms with E-state index < -0.39 is 0 Å². The first kappa shape index (κ1) is 19.3. The molecule has 0 aliphatic rings. The Hall–Kier alpha value is -3.06. The molecule has 4 aromatic rings. The average molecular weight is 380 g/mol. The van der Waals surface area contributed by atoms with Gasteiger partial charge in [0.15, 0.2) is 0 Å². The van der Waals surface area contributed by atoms with E-state index in [1.807, 2.05) is 0 Å². The normalized spacial score (nSPS) is 11.3. The largest absolute Gasteiger partial charge is 0.339 e. The monoisotopic (exact) mass is 379 g/mol. The summed E-state index contributed by atoms with van der Waals surface area (Å²) in [7, 11) is 0. The topological polar surface area (TPSA) is 4.93 Å². The number of hydrogen-bond acceptors (Lipinski definition) is 0. The van der Waals surface area contributed by atoms with Crippen molar-refractivity contribution in [2.45, 2.75) is 39.2 Å². The summed E-state index contributed by atoms with van der Waals surface area (Å²) in [5, 5.41) is 1.32. The van der Waals surface area contributed by atoms with E-state index in [1.165, 1.54) is 38.9 Å². The summed E-state index contributed by atoms with van der Waals surface area (Å²) in [6, 6.07) is 30.2. The van der Waals surface area contributed by atoms with Crippen molar-refractivity contribution in [2.24, 2.45) is 0 Å². The Morgan fingerprint density at radius 3 is 2.03 bits per heavy atom. The van der Waals surface area contributed by atoms with Crippen LogP contribution in [0, 0.1) is 0 Å². The molecule has 3 aromatic carbocycles. The Bertz CT molecular complexity index is 1100. The molecule has 0 bridgehead atoms. The first-order valence-electron chi connectivity index (χ1n) is 10.5. The molecule has 0 saturated carbocycles. The van der Waals surface area contributed by atoms with Crippen LogP contribution in [0.2, 0.25) is 0 Å². The Kier molecular flexibility index (Phi) is 5.67. The first-order valence-corrected chi connectivity index (χ1v) is 10.5. The third kappa shape index (κ3) is 4.05. The van der Waals surface area contributed by atoms with E-state index >= 15 is 0 Å². The minimum absolute atomic E-state index is 0.426. The van der Waals surface area contributed by atoms with Crippen LogP contribution in [0.15, 0.2) is 91.5 Å². The van der Waals surface area contributed by atoms with Crippen molar-refractivity contribution in [3.05, 3.63) is 114 Å². The molecule has 0 spiro atoms. The molecule has 1 heteroatoms. The molecule has 0 amide bonds. The predicted molar refractivity (Wildman–Crippen MR) is 125 cm³/mol. The van der Waals surface area contributed by atoms with Gasteiger partial charge >= 0.3 is 0 Å². The predicted octanol–water partition coefficient (Wildman–Crippen LogP) is 7.46. The summed E-state index contributed by atoms with van der Waals surface area (Å²) in [5.74, 6) is 0.426. The summed E-state index contributed by atoms with van der Waals surface area (Å²) in [4.78, 5) is 0. The quantitative estimate of drug-likeness (QED) is 0.314. The van der Waals surface area contributed by atoms with Crippen LogP contribution >= 0.6 is 0 Å². The van der Waals surface area contributed by atoms with E-state index in [-0.39, 0.29) is 0 Å². The molecule has 1 aromatic heterocycles. The van der Waals surface area contributed by atoms with Crippen molar-refractivity contribution in [1.82, 2.24) is 4.57 Å². The van der Waals surface area contributed by atoms with Crippen molar-refractivity contribution in [3.8, 4) is 0 Å². The maximum Gasteiger partial charge on any atom is 0.0492 e. The fraction of sp³-hybridized carbons (Fsp3) is 0.214. The number of nitrogens with zero attached hydrogens (tertiary/aromatic N) is 1. The lowest BCUT2D eigenvalue weighted by Gasteiger charge is -2.17. The van der Waals surface area contributed by atoms with Crippen LogP contribution in [0.1, 0.15) is 48.6 Å². The third-order valence-corrected chi connectivity index (χ3v) is 5.65. The maximum absolute atomic E-state index is 4.54. The molecule has 4 rings (SSSR count). The zero-order valence-electron chi connectivity index (χ0n) is 17.4. The van der Waals surface area contributed by atoms with Gasteiger partial charge in [0.25, 0.3) is 0 Å². The van der Waals surface area contributed by atoms with Gasteiger partial charge in [-0.1, -0.05) is 99.3 Å². The zero-order chi connectivity index (χ0) is 20.2. The number of rotatable bonds is 7. The summed E-state index contributed by atoms with van der Waals surface area (Å²) in [5.41, 5.74) is 7.98. The number of benzene rings is 3. The van der Waals surface area contributed by atoms with Crippen molar-refractivity contribution < 1.29 is 0 Å². The number of allylic oxidation sites excluding steroid dienone is 1. The van der Waals surface area contributed by atoms with Gasteiger partial charge in [0, 0.05) is 28.7 Å². The van der Waals surface area contributed by atoms with Gasteiger partial charge in [-0.05, 0) is 41.5 Å². The lowest BCUT2D eigenvalue weighted by molar-refractivity contribution is 0.707. The lowest BCUT2D eigenvalue weighted by Crippen LogP contribution is -2.07.